The number of halogens is 1. The molecule has 2 aromatic heterocycles. The lowest BCUT2D eigenvalue weighted by atomic mass is 10.1. The number of anilines is 1. The third-order valence-corrected chi connectivity index (χ3v) is 8.49. The van der Waals surface area contributed by atoms with E-state index in [1.54, 1.807) is 0 Å². The van der Waals surface area contributed by atoms with E-state index >= 15 is 0 Å². The fourth-order valence-corrected chi connectivity index (χ4v) is 6.63. The van der Waals surface area contributed by atoms with Crippen molar-refractivity contribution < 1.29 is 17.6 Å². The molecule has 2 aromatic carbocycles. The highest BCUT2D eigenvalue weighted by Crippen LogP contribution is 2.34. The Kier molecular flexibility index (Phi) is 5.51. The second-order valence-corrected chi connectivity index (χ2v) is 10.7. The van der Waals surface area contributed by atoms with E-state index in [0.717, 1.165) is 40.0 Å². The SMILES string of the molecule is Cc1[nH]c2ccccc2c1-c1csc(NC(=O)C2CCCN2S(=O)(=O)c2ccc(F)cc2)n1. The van der Waals surface area contributed by atoms with Crippen molar-refractivity contribution in [1.82, 2.24) is 14.3 Å². The number of hydrogen-bond donors (Lipinski definition) is 2. The van der Waals surface area contributed by atoms with E-state index in [1.165, 1.54) is 27.8 Å². The van der Waals surface area contributed by atoms with Gasteiger partial charge in [0.25, 0.3) is 0 Å². The summed E-state index contributed by atoms with van der Waals surface area (Å²) in [5.74, 6) is -0.940. The number of rotatable bonds is 5. The molecule has 0 saturated carbocycles. The van der Waals surface area contributed by atoms with Gasteiger partial charge in [-0.25, -0.2) is 17.8 Å². The van der Waals surface area contributed by atoms with Crippen LogP contribution in [0.4, 0.5) is 9.52 Å². The number of thiazole rings is 1. The van der Waals surface area contributed by atoms with Gasteiger partial charge in [0.05, 0.1) is 10.6 Å². The van der Waals surface area contributed by atoms with E-state index in [9.17, 15) is 17.6 Å². The number of para-hydroxylation sites is 1. The molecule has 0 spiro atoms. The van der Waals surface area contributed by atoms with Crippen molar-refractivity contribution in [3.05, 3.63) is 65.4 Å². The Labute approximate surface area is 194 Å². The van der Waals surface area contributed by atoms with Crippen molar-refractivity contribution in [3.8, 4) is 11.3 Å². The van der Waals surface area contributed by atoms with Crippen LogP contribution in [-0.4, -0.2) is 41.2 Å². The molecular formula is C23H21FN4O3S2. The highest BCUT2D eigenvalue weighted by Gasteiger charge is 2.39. The smallest absolute Gasteiger partial charge is 0.244 e. The van der Waals surface area contributed by atoms with Crippen LogP contribution in [0.3, 0.4) is 0 Å². The Bertz CT molecular complexity index is 1440. The summed E-state index contributed by atoms with van der Waals surface area (Å²) in [4.78, 5) is 20.9. The fourth-order valence-electron chi connectivity index (χ4n) is 4.27. The van der Waals surface area contributed by atoms with Gasteiger partial charge in [0.1, 0.15) is 11.9 Å². The molecule has 1 fully saturated rings. The second kappa shape index (κ2) is 8.36. The number of amides is 1. The maximum Gasteiger partial charge on any atom is 0.244 e. The molecule has 0 bridgehead atoms. The quantitative estimate of drug-likeness (QED) is 0.435. The van der Waals surface area contributed by atoms with Crippen LogP contribution in [0, 0.1) is 12.7 Å². The van der Waals surface area contributed by atoms with Crippen LogP contribution in [-0.2, 0) is 14.8 Å². The van der Waals surface area contributed by atoms with E-state index in [1.807, 2.05) is 36.6 Å². The van der Waals surface area contributed by atoms with Gasteiger partial charge in [-0.15, -0.1) is 11.3 Å². The summed E-state index contributed by atoms with van der Waals surface area (Å²) < 4.78 is 40.5. The lowest BCUT2D eigenvalue weighted by Gasteiger charge is -2.23. The summed E-state index contributed by atoms with van der Waals surface area (Å²) in [6, 6.07) is 11.7. The first-order chi connectivity index (χ1) is 15.8. The molecule has 170 valence electrons. The van der Waals surface area contributed by atoms with Gasteiger partial charge < -0.3 is 10.3 Å². The summed E-state index contributed by atoms with van der Waals surface area (Å²) in [5, 5.41) is 6.12. The van der Waals surface area contributed by atoms with Crippen molar-refractivity contribution in [1.29, 1.82) is 0 Å². The van der Waals surface area contributed by atoms with Crippen molar-refractivity contribution in [3.63, 3.8) is 0 Å². The Morgan fingerprint density at radius 1 is 1.21 bits per heavy atom. The minimum atomic E-state index is -3.92. The average Bonchev–Trinajstić information content (AvgIpc) is 3.52. The molecule has 2 N–H and O–H groups in total. The van der Waals surface area contributed by atoms with Crippen molar-refractivity contribution in [2.75, 3.05) is 11.9 Å². The summed E-state index contributed by atoms with van der Waals surface area (Å²) in [7, 11) is -3.92. The first-order valence-electron chi connectivity index (χ1n) is 10.5. The van der Waals surface area contributed by atoms with E-state index < -0.39 is 27.8 Å². The number of H-pyrrole nitrogens is 1. The fraction of sp³-hybridized carbons (Fsp3) is 0.217. The van der Waals surface area contributed by atoms with Gasteiger partial charge in [-0.05, 0) is 50.1 Å². The van der Waals surface area contributed by atoms with Gasteiger partial charge in [-0.2, -0.15) is 4.31 Å². The van der Waals surface area contributed by atoms with E-state index in [0.29, 0.717) is 18.0 Å². The third kappa shape index (κ3) is 3.94. The van der Waals surface area contributed by atoms with Gasteiger partial charge in [0, 0.05) is 34.1 Å². The topological polar surface area (TPSA) is 95.2 Å². The molecule has 0 radical (unpaired) electrons. The summed E-state index contributed by atoms with van der Waals surface area (Å²) >= 11 is 1.29. The molecule has 1 saturated heterocycles. The number of nitrogens with one attached hydrogen (secondary N) is 2. The predicted molar refractivity (Wildman–Crippen MR) is 126 cm³/mol. The Morgan fingerprint density at radius 2 is 1.97 bits per heavy atom. The number of aryl methyl sites for hydroxylation is 1. The lowest BCUT2D eigenvalue weighted by molar-refractivity contribution is -0.119. The van der Waals surface area contributed by atoms with Crippen molar-refractivity contribution in [2.24, 2.45) is 0 Å². The van der Waals surface area contributed by atoms with Crippen molar-refractivity contribution in [2.45, 2.75) is 30.7 Å². The molecule has 5 rings (SSSR count). The zero-order valence-electron chi connectivity index (χ0n) is 17.7. The number of sulfonamides is 1. The van der Waals surface area contributed by atoms with Gasteiger partial charge in [-0.1, -0.05) is 18.2 Å². The normalized spacial score (nSPS) is 17.0. The average molecular weight is 485 g/mol. The molecular weight excluding hydrogens is 463 g/mol. The summed E-state index contributed by atoms with van der Waals surface area (Å²) in [5.41, 5.74) is 3.71. The number of carbonyl (C=O) groups is 1. The number of aromatic nitrogens is 2. The molecule has 33 heavy (non-hydrogen) atoms. The summed E-state index contributed by atoms with van der Waals surface area (Å²) in [6.45, 7) is 2.21. The van der Waals surface area contributed by atoms with E-state index in [4.69, 9.17) is 0 Å². The number of benzene rings is 2. The molecule has 7 nitrogen and oxygen atoms in total. The van der Waals surface area contributed by atoms with Crippen LogP contribution < -0.4 is 5.32 Å². The van der Waals surface area contributed by atoms with Crippen LogP contribution in [0.25, 0.3) is 22.2 Å². The maximum atomic E-state index is 13.2. The summed E-state index contributed by atoms with van der Waals surface area (Å²) in [6.07, 6.45) is 0.974. The number of fused-ring (bicyclic) bond motifs is 1. The molecule has 3 heterocycles. The molecule has 0 aliphatic carbocycles. The maximum absolute atomic E-state index is 13.2. The van der Waals surface area contributed by atoms with Crippen LogP contribution in [0.1, 0.15) is 18.5 Å². The molecule has 1 atom stereocenters. The van der Waals surface area contributed by atoms with Gasteiger partial charge in [-0.3, -0.25) is 4.79 Å². The van der Waals surface area contributed by atoms with Crippen molar-refractivity contribution >= 4 is 43.3 Å². The number of hydrogen-bond acceptors (Lipinski definition) is 5. The van der Waals surface area contributed by atoms with Gasteiger partial charge >= 0.3 is 0 Å². The highest BCUT2D eigenvalue weighted by molar-refractivity contribution is 7.89. The minimum Gasteiger partial charge on any atom is -0.358 e. The van der Waals surface area contributed by atoms with Crippen LogP contribution in [0.2, 0.25) is 0 Å². The van der Waals surface area contributed by atoms with E-state index in [-0.39, 0.29) is 11.4 Å². The Morgan fingerprint density at radius 3 is 2.76 bits per heavy atom. The Hall–Kier alpha value is -3.08. The third-order valence-electron chi connectivity index (χ3n) is 5.81. The van der Waals surface area contributed by atoms with E-state index in [2.05, 4.69) is 15.3 Å². The second-order valence-electron chi connectivity index (χ2n) is 7.93. The predicted octanol–water partition coefficient (Wildman–Crippen LogP) is 4.53. The molecule has 1 aliphatic heterocycles. The zero-order chi connectivity index (χ0) is 23.2. The van der Waals surface area contributed by atoms with Crippen LogP contribution in [0.5, 0.6) is 0 Å². The molecule has 1 aliphatic rings. The minimum absolute atomic E-state index is 0.0325. The number of carbonyl (C=O) groups excluding carboxylic acids is 1. The highest BCUT2D eigenvalue weighted by atomic mass is 32.2. The zero-order valence-corrected chi connectivity index (χ0v) is 19.3. The Balaban J connectivity index is 1.37. The molecule has 1 amide bonds. The number of nitrogens with zero attached hydrogens (tertiary/aromatic N) is 2. The largest absolute Gasteiger partial charge is 0.358 e. The van der Waals surface area contributed by atoms with Crippen LogP contribution >= 0.6 is 11.3 Å². The van der Waals surface area contributed by atoms with Crippen LogP contribution in [0.15, 0.2) is 58.8 Å². The lowest BCUT2D eigenvalue weighted by Crippen LogP contribution is -2.43. The molecule has 1 unspecified atom stereocenters. The first-order valence-corrected chi connectivity index (χ1v) is 12.8. The monoisotopic (exact) mass is 484 g/mol. The molecule has 10 heteroatoms. The van der Waals surface area contributed by atoms with Gasteiger partial charge in [0.15, 0.2) is 5.13 Å². The van der Waals surface area contributed by atoms with Gasteiger partial charge in [0.2, 0.25) is 15.9 Å². The standard InChI is InChI=1S/C23H21FN4O3S2/c1-14-21(17-5-2-3-6-18(17)25-14)19-13-32-23(26-19)27-22(29)20-7-4-12-28(20)33(30,31)16-10-8-15(24)9-11-16/h2-3,5-6,8-11,13,20,25H,4,7,12H2,1H3,(H,26,27,29). The first kappa shape index (κ1) is 21.7. The number of aromatic amines is 1. The molecule has 4 aromatic rings.